The summed E-state index contributed by atoms with van der Waals surface area (Å²) in [5, 5.41) is 12.9. The molecular weight excluding hydrogens is 367 g/mol. The molecule has 1 aliphatic heterocycles. The lowest BCUT2D eigenvalue weighted by Gasteiger charge is -2.06. The molecule has 0 spiro atoms. The van der Waals surface area contributed by atoms with Crippen LogP contribution in [-0.2, 0) is 4.79 Å². The minimum atomic E-state index is -0.356. The van der Waals surface area contributed by atoms with Crippen molar-refractivity contribution < 1.29 is 19.0 Å². The molecule has 128 valence electrons. The number of aromatic hydroxyl groups is 1. The van der Waals surface area contributed by atoms with Gasteiger partial charge >= 0.3 is 0 Å². The Hall–Kier alpha value is -2.51. The molecule has 0 atom stereocenters. The second kappa shape index (κ2) is 7.16. The minimum Gasteiger partial charge on any atom is -0.503 e. The summed E-state index contributed by atoms with van der Waals surface area (Å²) in [4.78, 5) is 16.7. The third-order valence-corrected chi connectivity index (χ3v) is 4.47. The molecule has 0 aromatic heterocycles. The minimum absolute atomic E-state index is 0.120. The third kappa shape index (κ3) is 3.94. The van der Waals surface area contributed by atoms with Crippen molar-refractivity contribution in [2.75, 3.05) is 7.11 Å². The summed E-state index contributed by atoms with van der Waals surface area (Å²) in [6.07, 6.45) is 1.61. The standard InChI is InChI=1S/C17H12ClFN2O3S/c1-24-13-7-9(6-12(18)15(13)22)8-14-16(23)21-17(25-14)20-11-4-2-10(19)3-5-11/h2-8,22H,1H3,(H,20,21,23)/b14-8+. The first-order chi connectivity index (χ1) is 12.0. The first kappa shape index (κ1) is 17.3. The molecular formula is C17H12ClFN2O3S. The van der Waals surface area contributed by atoms with Crippen molar-refractivity contribution >= 4 is 46.2 Å². The Morgan fingerprint density at radius 2 is 2.04 bits per heavy atom. The molecule has 1 aliphatic rings. The van der Waals surface area contributed by atoms with E-state index in [1.807, 2.05) is 0 Å². The van der Waals surface area contributed by atoms with Gasteiger partial charge in [-0.2, -0.15) is 0 Å². The molecule has 1 heterocycles. The number of aliphatic imine (C=N–C) groups is 1. The van der Waals surface area contributed by atoms with Crippen molar-refractivity contribution in [2.45, 2.75) is 0 Å². The number of thioether (sulfide) groups is 1. The lowest BCUT2D eigenvalue weighted by atomic mass is 10.2. The van der Waals surface area contributed by atoms with Gasteiger partial charge in [-0.25, -0.2) is 9.38 Å². The van der Waals surface area contributed by atoms with Crippen LogP contribution in [0.25, 0.3) is 6.08 Å². The number of carbonyl (C=O) groups is 1. The zero-order chi connectivity index (χ0) is 18.0. The third-order valence-electron chi connectivity index (χ3n) is 3.28. The first-order valence-corrected chi connectivity index (χ1v) is 8.27. The van der Waals surface area contributed by atoms with Gasteiger partial charge in [-0.3, -0.25) is 4.79 Å². The molecule has 0 radical (unpaired) electrons. The zero-order valence-electron chi connectivity index (χ0n) is 12.9. The molecule has 8 heteroatoms. The number of rotatable bonds is 3. The highest BCUT2D eigenvalue weighted by molar-refractivity contribution is 8.18. The molecule has 0 bridgehead atoms. The van der Waals surface area contributed by atoms with Gasteiger partial charge in [0.05, 0.1) is 22.7 Å². The number of benzene rings is 2. The molecule has 2 aromatic carbocycles. The smallest absolute Gasteiger partial charge is 0.264 e. The van der Waals surface area contributed by atoms with E-state index in [2.05, 4.69) is 10.3 Å². The van der Waals surface area contributed by atoms with Crippen LogP contribution in [0.5, 0.6) is 11.5 Å². The van der Waals surface area contributed by atoms with Gasteiger partial charge in [-0.1, -0.05) is 11.6 Å². The molecule has 2 aromatic rings. The normalized spacial score (nSPS) is 17.2. The van der Waals surface area contributed by atoms with E-state index < -0.39 is 0 Å². The quantitative estimate of drug-likeness (QED) is 0.789. The molecule has 1 amide bonds. The van der Waals surface area contributed by atoms with Crippen molar-refractivity contribution in [1.29, 1.82) is 0 Å². The van der Waals surface area contributed by atoms with Gasteiger partial charge in [0.2, 0.25) is 0 Å². The lowest BCUT2D eigenvalue weighted by molar-refractivity contribution is -0.115. The van der Waals surface area contributed by atoms with Crippen molar-refractivity contribution in [2.24, 2.45) is 4.99 Å². The summed E-state index contributed by atoms with van der Waals surface area (Å²) in [6.45, 7) is 0. The van der Waals surface area contributed by atoms with Gasteiger partial charge in [0.15, 0.2) is 16.7 Å². The molecule has 0 saturated carbocycles. The molecule has 1 saturated heterocycles. The fourth-order valence-corrected chi connectivity index (χ4v) is 3.16. The maximum Gasteiger partial charge on any atom is 0.264 e. The van der Waals surface area contributed by atoms with Crippen molar-refractivity contribution in [3.63, 3.8) is 0 Å². The van der Waals surface area contributed by atoms with Crippen LogP contribution in [0.2, 0.25) is 5.02 Å². The second-order valence-corrected chi connectivity index (χ2v) is 6.45. The van der Waals surface area contributed by atoms with Crippen molar-refractivity contribution in [1.82, 2.24) is 5.32 Å². The van der Waals surface area contributed by atoms with Gasteiger partial charge in [-0.05, 0) is 59.8 Å². The van der Waals surface area contributed by atoms with Crippen LogP contribution in [0, 0.1) is 5.82 Å². The average Bonchev–Trinajstić information content (AvgIpc) is 2.92. The summed E-state index contributed by atoms with van der Waals surface area (Å²) in [7, 11) is 1.41. The molecule has 3 rings (SSSR count). The van der Waals surface area contributed by atoms with Gasteiger partial charge in [0.25, 0.3) is 5.91 Å². The highest BCUT2D eigenvalue weighted by Gasteiger charge is 2.24. The molecule has 0 unspecified atom stereocenters. The summed E-state index contributed by atoms with van der Waals surface area (Å²) < 4.78 is 18.0. The zero-order valence-corrected chi connectivity index (χ0v) is 14.5. The van der Waals surface area contributed by atoms with E-state index in [-0.39, 0.29) is 28.2 Å². The van der Waals surface area contributed by atoms with Gasteiger partial charge in [0, 0.05) is 0 Å². The average molecular weight is 379 g/mol. The van der Waals surface area contributed by atoms with Crippen LogP contribution in [0.3, 0.4) is 0 Å². The number of carbonyl (C=O) groups excluding carboxylic acids is 1. The molecule has 1 fully saturated rings. The first-order valence-electron chi connectivity index (χ1n) is 7.08. The highest BCUT2D eigenvalue weighted by Crippen LogP contribution is 2.36. The Balaban J connectivity index is 1.86. The number of phenolic OH excluding ortho intramolecular Hbond substituents is 1. The number of nitrogens with one attached hydrogen (secondary N) is 1. The number of ether oxygens (including phenoxy) is 1. The van der Waals surface area contributed by atoms with E-state index in [1.165, 1.54) is 37.4 Å². The Labute approximate surface area is 152 Å². The highest BCUT2D eigenvalue weighted by atomic mass is 35.5. The van der Waals surface area contributed by atoms with Crippen LogP contribution in [0.1, 0.15) is 5.56 Å². The fraction of sp³-hybridized carbons (Fsp3) is 0.0588. The monoisotopic (exact) mass is 378 g/mol. The number of amidine groups is 1. The Morgan fingerprint density at radius 1 is 1.32 bits per heavy atom. The Kier molecular flexibility index (Phi) is 4.96. The number of phenols is 1. The number of amides is 1. The van der Waals surface area contributed by atoms with Crippen LogP contribution >= 0.6 is 23.4 Å². The molecule has 5 nitrogen and oxygen atoms in total. The Bertz CT molecular complexity index is 898. The maximum absolute atomic E-state index is 12.9. The van der Waals surface area contributed by atoms with Crippen LogP contribution < -0.4 is 10.1 Å². The number of nitrogens with zero attached hydrogens (tertiary/aromatic N) is 1. The van der Waals surface area contributed by atoms with Crippen LogP contribution in [0.15, 0.2) is 46.3 Å². The Morgan fingerprint density at radius 3 is 2.72 bits per heavy atom. The largest absolute Gasteiger partial charge is 0.503 e. The molecule has 25 heavy (non-hydrogen) atoms. The van der Waals surface area contributed by atoms with E-state index in [9.17, 15) is 14.3 Å². The molecule has 2 N–H and O–H groups in total. The number of methoxy groups -OCH3 is 1. The van der Waals surface area contributed by atoms with Gasteiger partial charge in [0.1, 0.15) is 5.82 Å². The van der Waals surface area contributed by atoms with Crippen molar-refractivity contribution in [3.05, 3.63) is 57.7 Å². The predicted molar refractivity (Wildman–Crippen MR) is 96.9 cm³/mol. The van der Waals surface area contributed by atoms with E-state index in [0.29, 0.717) is 21.3 Å². The van der Waals surface area contributed by atoms with E-state index in [4.69, 9.17) is 16.3 Å². The fourth-order valence-electron chi connectivity index (χ4n) is 2.10. The summed E-state index contributed by atoms with van der Waals surface area (Å²) in [5.41, 5.74) is 1.13. The van der Waals surface area contributed by atoms with E-state index in [1.54, 1.807) is 12.1 Å². The van der Waals surface area contributed by atoms with Crippen molar-refractivity contribution in [3.8, 4) is 11.5 Å². The SMILES string of the molecule is COc1cc(/C=C2/SC(=Nc3ccc(F)cc3)NC2=O)cc(Cl)c1O. The summed E-state index contributed by atoms with van der Waals surface area (Å²) in [6, 6.07) is 8.71. The van der Waals surface area contributed by atoms with Crippen LogP contribution in [-0.4, -0.2) is 23.3 Å². The number of hydrogen-bond acceptors (Lipinski definition) is 5. The maximum atomic E-state index is 12.9. The molecule has 0 aliphatic carbocycles. The summed E-state index contributed by atoms with van der Waals surface area (Å²) >= 11 is 7.09. The second-order valence-electron chi connectivity index (χ2n) is 5.01. The summed E-state index contributed by atoms with van der Waals surface area (Å²) in [5.74, 6) is -0.615. The lowest BCUT2D eigenvalue weighted by Crippen LogP contribution is -2.19. The van der Waals surface area contributed by atoms with Gasteiger partial charge in [-0.15, -0.1) is 0 Å². The van der Waals surface area contributed by atoms with E-state index in [0.717, 1.165) is 11.8 Å². The number of hydrogen-bond donors (Lipinski definition) is 2. The van der Waals surface area contributed by atoms with Gasteiger partial charge < -0.3 is 15.2 Å². The number of halogens is 2. The predicted octanol–water partition coefficient (Wildman–Crippen LogP) is 4.08. The topological polar surface area (TPSA) is 70.9 Å². The van der Waals surface area contributed by atoms with E-state index >= 15 is 0 Å². The van der Waals surface area contributed by atoms with Crippen LogP contribution in [0.4, 0.5) is 10.1 Å².